The topological polar surface area (TPSA) is 26.3 Å². The third kappa shape index (κ3) is 3.80. The van der Waals surface area contributed by atoms with Crippen LogP contribution in [0.1, 0.15) is 5.56 Å². The first-order chi connectivity index (χ1) is 6.33. The van der Waals surface area contributed by atoms with Crippen LogP contribution in [0.15, 0.2) is 30.3 Å². The molecule has 68 valence electrons. The van der Waals surface area contributed by atoms with E-state index >= 15 is 0 Å². The maximum absolute atomic E-state index is 9.88. The zero-order valence-corrected chi connectivity index (χ0v) is 7.92. The van der Waals surface area contributed by atoms with Crippen LogP contribution in [0.2, 0.25) is 0 Å². The Kier molecular flexibility index (Phi) is 4.12. The van der Waals surface area contributed by atoms with Gasteiger partial charge in [0, 0.05) is 11.3 Å². The Morgan fingerprint density at radius 3 is 2.69 bits per heavy atom. The van der Waals surface area contributed by atoms with Crippen molar-refractivity contribution >= 4 is 23.6 Å². The molecule has 0 radical (unpaired) electrons. The Balaban J connectivity index is 2.41. The summed E-state index contributed by atoms with van der Waals surface area (Å²) < 4.78 is 4.55. The van der Waals surface area contributed by atoms with E-state index in [9.17, 15) is 4.79 Å². The summed E-state index contributed by atoms with van der Waals surface area (Å²) in [7, 11) is 0. The SMILES string of the molecule is O=COCC(=S)Cc1ccccc1. The van der Waals surface area contributed by atoms with Crippen LogP contribution in [-0.4, -0.2) is 17.9 Å². The molecule has 0 heterocycles. The van der Waals surface area contributed by atoms with Crippen LogP contribution in [0.5, 0.6) is 0 Å². The van der Waals surface area contributed by atoms with Crippen LogP contribution in [0.25, 0.3) is 0 Å². The third-order valence-electron chi connectivity index (χ3n) is 1.56. The van der Waals surface area contributed by atoms with E-state index in [1.54, 1.807) is 0 Å². The number of hydrogen-bond acceptors (Lipinski definition) is 3. The molecule has 13 heavy (non-hydrogen) atoms. The Morgan fingerprint density at radius 2 is 2.08 bits per heavy atom. The number of ether oxygens (including phenoxy) is 1. The van der Waals surface area contributed by atoms with Crippen molar-refractivity contribution in [1.82, 2.24) is 0 Å². The van der Waals surface area contributed by atoms with Crippen molar-refractivity contribution in [2.24, 2.45) is 0 Å². The lowest BCUT2D eigenvalue weighted by molar-refractivity contribution is -0.127. The summed E-state index contributed by atoms with van der Waals surface area (Å²) in [6.07, 6.45) is 0.685. The third-order valence-corrected chi connectivity index (χ3v) is 1.82. The van der Waals surface area contributed by atoms with Gasteiger partial charge in [-0.25, -0.2) is 0 Å². The van der Waals surface area contributed by atoms with Crippen molar-refractivity contribution in [3.63, 3.8) is 0 Å². The minimum atomic E-state index is 0.230. The summed E-state index contributed by atoms with van der Waals surface area (Å²) in [5.41, 5.74) is 1.14. The second-order valence-corrected chi connectivity index (χ2v) is 3.19. The van der Waals surface area contributed by atoms with E-state index in [0.29, 0.717) is 12.9 Å². The number of thiocarbonyl (C=S) groups is 1. The van der Waals surface area contributed by atoms with Gasteiger partial charge >= 0.3 is 0 Å². The average Bonchev–Trinajstić information content (AvgIpc) is 2.16. The van der Waals surface area contributed by atoms with Gasteiger partial charge in [0.25, 0.3) is 6.47 Å². The Bertz CT molecular complexity index is 282. The van der Waals surface area contributed by atoms with E-state index in [-0.39, 0.29) is 6.61 Å². The summed E-state index contributed by atoms with van der Waals surface area (Å²) >= 11 is 5.02. The summed E-state index contributed by atoms with van der Waals surface area (Å²) in [4.78, 5) is 10.6. The molecular formula is C10H10O2S. The molecule has 1 rings (SSSR count). The van der Waals surface area contributed by atoms with Gasteiger partial charge in [0.05, 0.1) is 0 Å². The number of carbonyl (C=O) groups excluding carboxylic acids is 1. The first-order valence-electron chi connectivity index (χ1n) is 3.94. The maximum Gasteiger partial charge on any atom is 0.293 e. The highest BCUT2D eigenvalue weighted by Crippen LogP contribution is 2.01. The van der Waals surface area contributed by atoms with E-state index in [4.69, 9.17) is 12.2 Å². The Hall–Kier alpha value is -1.22. The van der Waals surface area contributed by atoms with Crippen LogP contribution < -0.4 is 0 Å². The molecule has 0 aliphatic rings. The zero-order valence-electron chi connectivity index (χ0n) is 7.10. The molecule has 3 heteroatoms. The number of rotatable bonds is 5. The summed E-state index contributed by atoms with van der Waals surface area (Å²) in [6.45, 7) is 0.644. The second-order valence-electron chi connectivity index (χ2n) is 2.61. The fraction of sp³-hybridized carbons (Fsp3) is 0.200. The molecular weight excluding hydrogens is 184 g/mol. The lowest BCUT2D eigenvalue weighted by Crippen LogP contribution is -2.08. The van der Waals surface area contributed by atoms with E-state index in [1.165, 1.54) is 0 Å². The van der Waals surface area contributed by atoms with Crippen molar-refractivity contribution in [2.45, 2.75) is 6.42 Å². The predicted octanol–water partition coefficient (Wildman–Crippen LogP) is 1.77. The minimum absolute atomic E-state index is 0.230. The van der Waals surface area contributed by atoms with Gasteiger partial charge in [-0.2, -0.15) is 0 Å². The molecule has 1 aromatic carbocycles. The second kappa shape index (κ2) is 5.43. The molecule has 0 atom stereocenters. The Morgan fingerprint density at radius 1 is 1.38 bits per heavy atom. The van der Waals surface area contributed by atoms with E-state index in [0.717, 1.165) is 10.4 Å². The van der Waals surface area contributed by atoms with Gasteiger partial charge in [-0.3, -0.25) is 4.79 Å². The largest absolute Gasteiger partial charge is 0.462 e. The van der Waals surface area contributed by atoms with Gasteiger partial charge in [-0.05, 0) is 5.56 Å². The smallest absolute Gasteiger partial charge is 0.293 e. The molecule has 0 aromatic heterocycles. The van der Waals surface area contributed by atoms with E-state index in [2.05, 4.69) is 4.74 Å². The normalized spacial score (nSPS) is 9.23. The van der Waals surface area contributed by atoms with Crippen LogP contribution in [0, 0.1) is 0 Å². The van der Waals surface area contributed by atoms with Gasteiger partial charge in [-0.1, -0.05) is 42.5 Å². The zero-order chi connectivity index (χ0) is 9.52. The number of benzene rings is 1. The Labute approximate surface area is 82.5 Å². The fourth-order valence-corrected chi connectivity index (χ4v) is 1.24. The van der Waals surface area contributed by atoms with Gasteiger partial charge in [0.15, 0.2) is 0 Å². The van der Waals surface area contributed by atoms with Gasteiger partial charge in [0.1, 0.15) is 6.61 Å². The maximum atomic E-state index is 9.88. The van der Waals surface area contributed by atoms with Crippen LogP contribution >= 0.6 is 12.2 Å². The summed E-state index contributed by atoms with van der Waals surface area (Å²) in [5, 5.41) is 0. The van der Waals surface area contributed by atoms with E-state index < -0.39 is 0 Å². The first kappa shape index (κ1) is 9.86. The standard InChI is InChI=1S/C10H10O2S/c11-8-12-7-10(13)6-9-4-2-1-3-5-9/h1-5,8H,6-7H2. The average molecular weight is 194 g/mol. The lowest BCUT2D eigenvalue weighted by Gasteiger charge is -2.01. The number of hydrogen-bond donors (Lipinski definition) is 0. The van der Waals surface area contributed by atoms with E-state index in [1.807, 2.05) is 30.3 Å². The van der Waals surface area contributed by atoms with Crippen molar-refractivity contribution in [1.29, 1.82) is 0 Å². The van der Waals surface area contributed by atoms with Crippen molar-refractivity contribution < 1.29 is 9.53 Å². The molecule has 0 aliphatic heterocycles. The highest BCUT2D eigenvalue weighted by atomic mass is 32.1. The minimum Gasteiger partial charge on any atom is -0.462 e. The van der Waals surface area contributed by atoms with Crippen molar-refractivity contribution in [2.75, 3.05) is 6.61 Å². The highest BCUT2D eigenvalue weighted by molar-refractivity contribution is 7.80. The molecule has 0 spiro atoms. The quantitative estimate of drug-likeness (QED) is 0.528. The summed E-state index contributed by atoms with van der Waals surface area (Å²) in [5.74, 6) is 0. The molecule has 1 aromatic rings. The number of carbonyl (C=O) groups is 1. The fourth-order valence-electron chi connectivity index (χ4n) is 1.00. The molecule has 0 bridgehead atoms. The van der Waals surface area contributed by atoms with Crippen LogP contribution in [-0.2, 0) is 16.0 Å². The molecule has 0 fully saturated rings. The molecule has 0 unspecified atom stereocenters. The summed E-state index contributed by atoms with van der Waals surface area (Å²) in [6, 6.07) is 9.85. The van der Waals surface area contributed by atoms with Gasteiger partial charge < -0.3 is 4.74 Å². The molecule has 0 saturated carbocycles. The van der Waals surface area contributed by atoms with Crippen molar-refractivity contribution in [3.8, 4) is 0 Å². The molecule has 0 saturated heterocycles. The molecule has 0 aliphatic carbocycles. The predicted molar refractivity (Wildman–Crippen MR) is 54.8 cm³/mol. The molecule has 2 nitrogen and oxygen atoms in total. The van der Waals surface area contributed by atoms with Crippen molar-refractivity contribution in [3.05, 3.63) is 35.9 Å². The van der Waals surface area contributed by atoms with Crippen LogP contribution in [0.4, 0.5) is 0 Å². The van der Waals surface area contributed by atoms with Crippen LogP contribution in [0.3, 0.4) is 0 Å². The lowest BCUT2D eigenvalue weighted by atomic mass is 10.1. The van der Waals surface area contributed by atoms with Gasteiger partial charge in [-0.15, -0.1) is 0 Å². The first-order valence-corrected chi connectivity index (χ1v) is 4.34. The highest BCUT2D eigenvalue weighted by Gasteiger charge is 1.98. The van der Waals surface area contributed by atoms with Gasteiger partial charge in [0.2, 0.25) is 0 Å². The molecule has 0 N–H and O–H groups in total. The molecule has 0 amide bonds. The monoisotopic (exact) mass is 194 g/mol.